The largest absolute Gasteiger partial charge is 0.483 e. The van der Waals surface area contributed by atoms with E-state index < -0.39 is 23.5 Å². The van der Waals surface area contributed by atoms with Gasteiger partial charge in [0.2, 0.25) is 5.43 Å². The third kappa shape index (κ3) is 4.55. The molecule has 0 radical (unpaired) electrons. The zero-order valence-electron chi connectivity index (χ0n) is 16.1. The van der Waals surface area contributed by atoms with Crippen molar-refractivity contribution in [2.24, 2.45) is 0 Å². The van der Waals surface area contributed by atoms with E-state index in [1.54, 1.807) is 31.2 Å². The van der Waals surface area contributed by atoms with Crippen LogP contribution < -0.4 is 10.2 Å². The minimum atomic E-state index is -1.22. The van der Waals surface area contributed by atoms with Crippen LogP contribution in [0.5, 0.6) is 5.75 Å². The maximum absolute atomic E-state index is 12.6. The maximum atomic E-state index is 12.6. The Labute approximate surface area is 168 Å². The van der Waals surface area contributed by atoms with E-state index in [-0.39, 0.29) is 24.5 Å². The number of carboxylic acids is 1. The number of aliphatic hydroxyl groups excluding tert-OH is 1. The molecular weight excluding hydrogens is 370 g/mol. The van der Waals surface area contributed by atoms with Crippen molar-refractivity contribution in [2.45, 2.75) is 32.1 Å². The van der Waals surface area contributed by atoms with Crippen LogP contribution in [0.15, 0.2) is 77.7 Å². The topological polar surface area (TPSA) is 88.8 Å². The first kappa shape index (κ1) is 20.4. The Balaban J connectivity index is 2.12. The maximum Gasteiger partial charge on any atom is 0.326 e. The molecule has 0 aliphatic rings. The summed E-state index contributed by atoms with van der Waals surface area (Å²) in [6, 6.07) is 18.4. The zero-order valence-corrected chi connectivity index (χ0v) is 16.1. The van der Waals surface area contributed by atoms with Gasteiger partial charge in [0.1, 0.15) is 18.8 Å². The highest BCUT2D eigenvalue weighted by molar-refractivity contribution is 5.72. The standard InChI is InChI=1S/C23H23NO5/c1-2-18(23(27)28)24-14-13-19(25)22(29-15-16-9-5-3-6-10-16)20(24)21(26)17-11-7-4-8-12-17/h3-14,18,21,26H,2,15H2,1H3,(H,27,28). The molecule has 0 aliphatic carbocycles. The van der Waals surface area contributed by atoms with Crippen molar-refractivity contribution in [3.05, 3.63) is 100.0 Å². The van der Waals surface area contributed by atoms with Crippen molar-refractivity contribution in [3.8, 4) is 5.75 Å². The van der Waals surface area contributed by atoms with Gasteiger partial charge in [-0.2, -0.15) is 0 Å². The Bertz CT molecular complexity index is 1010. The highest BCUT2D eigenvalue weighted by Gasteiger charge is 2.27. The van der Waals surface area contributed by atoms with Gasteiger partial charge in [-0.05, 0) is 17.5 Å². The second-order valence-electron chi connectivity index (χ2n) is 6.65. The lowest BCUT2D eigenvalue weighted by Crippen LogP contribution is -2.26. The minimum Gasteiger partial charge on any atom is -0.483 e. The smallest absolute Gasteiger partial charge is 0.326 e. The van der Waals surface area contributed by atoms with Crippen molar-refractivity contribution < 1.29 is 19.7 Å². The number of carbonyl (C=O) groups is 1. The molecule has 2 atom stereocenters. The highest BCUT2D eigenvalue weighted by Crippen LogP contribution is 2.31. The van der Waals surface area contributed by atoms with Crippen LogP contribution in [0, 0.1) is 0 Å². The lowest BCUT2D eigenvalue weighted by molar-refractivity contribution is -0.141. The average Bonchev–Trinajstić information content (AvgIpc) is 2.74. The fourth-order valence-electron chi connectivity index (χ4n) is 3.24. The van der Waals surface area contributed by atoms with Crippen molar-refractivity contribution in [1.29, 1.82) is 0 Å². The minimum absolute atomic E-state index is 0.0487. The predicted octanol–water partition coefficient (Wildman–Crippen LogP) is 3.54. The molecule has 0 saturated heterocycles. The summed E-state index contributed by atoms with van der Waals surface area (Å²) in [5.41, 5.74) is 1.11. The van der Waals surface area contributed by atoms with Gasteiger partial charge in [-0.25, -0.2) is 4.79 Å². The molecule has 3 rings (SSSR count). The average molecular weight is 393 g/mol. The third-order valence-electron chi connectivity index (χ3n) is 4.73. The van der Waals surface area contributed by atoms with Gasteiger partial charge >= 0.3 is 5.97 Å². The van der Waals surface area contributed by atoms with Crippen LogP contribution in [0.3, 0.4) is 0 Å². The molecule has 2 N–H and O–H groups in total. The number of nitrogens with zero attached hydrogens (tertiary/aromatic N) is 1. The van der Waals surface area contributed by atoms with Crippen LogP contribution >= 0.6 is 0 Å². The van der Waals surface area contributed by atoms with Gasteiger partial charge in [0.15, 0.2) is 5.75 Å². The van der Waals surface area contributed by atoms with E-state index in [1.807, 2.05) is 36.4 Å². The molecule has 0 aliphatic heterocycles. The number of benzene rings is 2. The fraction of sp³-hybridized carbons (Fsp3) is 0.217. The molecule has 0 spiro atoms. The summed E-state index contributed by atoms with van der Waals surface area (Å²) in [4.78, 5) is 24.4. The lowest BCUT2D eigenvalue weighted by atomic mass is 10.0. The molecular formula is C23H23NO5. The third-order valence-corrected chi connectivity index (χ3v) is 4.73. The van der Waals surface area contributed by atoms with Crippen molar-refractivity contribution in [3.63, 3.8) is 0 Å². The summed E-state index contributed by atoms with van der Waals surface area (Å²) in [6.07, 6.45) is 0.469. The molecule has 0 saturated carbocycles. The van der Waals surface area contributed by atoms with Crippen LogP contribution in [0.4, 0.5) is 0 Å². The van der Waals surface area contributed by atoms with E-state index in [0.717, 1.165) is 5.56 Å². The van der Waals surface area contributed by atoms with Gasteiger partial charge in [0.05, 0.1) is 5.69 Å². The first-order chi connectivity index (χ1) is 14.0. The van der Waals surface area contributed by atoms with E-state index in [0.29, 0.717) is 5.56 Å². The number of rotatable bonds is 8. The van der Waals surface area contributed by atoms with E-state index in [9.17, 15) is 19.8 Å². The molecule has 6 nitrogen and oxygen atoms in total. The summed E-state index contributed by atoms with van der Waals surface area (Å²) in [5.74, 6) is -1.10. The van der Waals surface area contributed by atoms with Crippen LogP contribution in [0.25, 0.3) is 0 Å². The number of aliphatic carboxylic acids is 1. The monoisotopic (exact) mass is 393 g/mol. The molecule has 1 heterocycles. The molecule has 6 heteroatoms. The quantitative estimate of drug-likeness (QED) is 0.611. The fourth-order valence-corrected chi connectivity index (χ4v) is 3.24. The summed E-state index contributed by atoms with van der Waals surface area (Å²) in [5, 5.41) is 20.7. The van der Waals surface area contributed by atoms with Gasteiger partial charge < -0.3 is 19.5 Å². The van der Waals surface area contributed by atoms with Crippen LogP contribution in [-0.2, 0) is 11.4 Å². The zero-order chi connectivity index (χ0) is 20.8. The number of carboxylic acid groups (broad SMARTS) is 1. The Morgan fingerprint density at radius 2 is 1.66 bits per heavy atom. The number of aromatic nitrogens is 1. The molecule has 2 aromatic carbocycles. The van der Waals surface area contributed by atoms with E-state index >= 15 is 0 Å². The first-order valence-electron chi connectivity index (χ1n) is 9.40. The molecule has 0 bridgehead atoms. The van der Waals surface area contributed by atoms with E-state index in [2.05, 4.69) is 0 Å². The Hall–Kier alpha value is -3.38. The second kappa shape index (κ2) is 9.21. The number of ether oxygens (including phenoxy) is 1. The number of aliphatic hydroxyl groups is 1. The number of hydrogen-bond acceptors (Lipinski definition) is 4. The van der Waals surface area contributed by atoms with Crippen LogP contribution in [0.1, 0.15) is 42.3 Å². The molecule has 0 fully saturated rings. The molecule has 2 unspecified atom stereocenters. The van der Waals surface area contributed by atoms with Gasteiger partial charge in [0, 0.05) is 12.3 Å². The molecule has 29 heavy (non-hydrogen) atoms. The molecule has 0 amide bonds. The summed E-state index contributed by atoms with van der Waals surface area (Å²) >= 11 is 0. The summed E-state index contributed by atoms with van der Waals surface area (Å²) in [7, 11) is 0. The predicted molar refractivity (Wildman–Crippen MR) is 109 cm³/mol. The Morgan fingerprint density at radius 1 is 1.03 bits per heavy atom. The van der Waals surface area contributed by atoms with Gasteiger partial charge in [0.25, 0.3) is 0 Å². The molecule has 1 aromatic heterocycles. The van der Waals surface area contributed by atoms with Crippen LogP contribution in [0.2, 0.25) is 0 Å². The van der Waals surface area contributed by atoms with Gasteiger partial charge in [-0.1, -0.05) is 67.6 Å². The Kier molecular flexibility index (Phi) is 6.46. The summed E-state index contributed by atoms with van der Waals surface area (Å²) in [6.45, 7) is 1.86. The van der Waals surface area contributed by atoms with Gasteiger partial charge in [-0.3, -0.25) is 4.79 Å². The lowest BCUT2D eigenvalue weighted by Gasteiger charge is -2.25. The van der Waals surface area contributed by atoms with Crippen molar-refractivity contribution >= 4 is 5.97 Å². The summed E-state index contributed by atoms with van der Waals surface area (Å²) < 4.78 is 7.24. The second-order valence-corrected chi connectivity index (χ2v) is 6.65. The van der Waals surface area contributed by atoms with Crippen molar-refractivity contribution in [2.75, 3.05) is 0 Å². The Morgan fingerprint density at radius 3 is 2.24 bits per heavy atom. The van der Waals surface area contributed by atoms with Gasteiger partial charge in [-0.15, -0.1) is 0 Å². The van der Waals surface area contributed by atoms with Crippen molar-refractivity contribution in [1.82, 2.24) is 4.57 Å². The SMILES string of the molecule is CCC(C(=O)O)n1ccc(=O)c(OCc2ccccc2)c1C(O)c1ccccc1. The van der Waals surface area contributed by atoms with E-state index in [4.69, 9.17) is 4.74 Å². The molecule has 3 aromatic rings. The first-order valence-corrected chi connectivity index (χ1v) is 9.40. The molecule has 150 valence electrons. The van der Waals surface area contributed by atoms with E-state index in [1.165, 1.54) is 16.8 Å². The number of hydrogen-bond donors (Lipinski definition) is 2. The normalized spacial score (nSPS) is 12.9. The van der Waals surface area contributed by atoms with Crippen LogP contribution in [-0.4, -0.2) is 20.7 Å². The highest BCUT2D eigenvalue weighted by atomic mass is 16.5. The number of pyridine rings is 1.